The Morgan fingerprint density at radius 2 is 1.02 bits per heavy atom. The molecule has 0 heterocycles. The van der Waals surface area contributed by atoms with Gasteiger partial charge < -0.3 is 37.6 Å². The van der Waals surface area contributed by atoms with E-state index in [0.717, 1.165) is 19.3 Å². The van der Waals surface area contributed by atoms with Gasteiger partial charge in [-0.1, -0.05) is 122 Å². The Morgan fingerprint density at radius 1 is 0.630 bits per heavy atom. The van der Waals surface area contributed by atoms with Crippen molar-refractivity contribution in [1.29, 1.82) is 0 Å². The van der Waals surface area contributed by atoms with E-state index in [1.54, 1.807) is 0 Å². The highest BCUT2D eigenvalue weighted by atomic mass is 31.2. The van der Waals surface area contributed by atoms with Crippen LogP contribution in [0, 0.1) is 0 Å². The molecular formula is C34H74N2O8P2. The number of hydrogen-bond acceptors (Lipinski definition) is 6. The third-order valence-corrected chi connectivity index (χ3v) is 8.66. The molecule has 0 saturated carbocycles. The number of hydrogen-bond donors (Lipinski definition) is 2. The lowest BCUT2D eigenvalue weighted by atomic mass is 10.0. The van der Waals surface area contributed by atoms with Gasteiger partial charge >= 0.3 is 7.82 Å². The molecule has 46 heavy (non-hydrogen) atoms. The molecule has 0 rings (SSSR count). The van der Waals surface area contributed by atoms with Gasteiger partial charge in [-0.15, -0.1) is 0 Å². The first-order chi connectivity index (χ1) is 21.3. The molecule has 0 fully saturated rings. The van der Waals surface area contributed by atoms with Crippen LogP contribution in [0.5, 0.6) is 0 Å². The lowest BCUT2D eigenvalue weighted by Gasteiger charge is -2.31. The summed E-state index contributed by atoms with van der Waals surface area (Å²) < 4.78 is 31.4. The number of phosphoric acid groups is 2. The van der Waals surface area contributed by atoms with E-state index in [0.29, 0.717) is 22.1 Å². The summed E-state index contributed by atoms with van der Waals surface area (Å²) >= 11 is 0. The Bertz CT molecular complexity index is 804. The van der Waals surface area contributed by atoms with Crippen LogP contribution >= 0.6 is 15.6 Å². The summed E-state index contributed by atoms with van der Waals surface area (Å²) in [5.41, 5.74) is 0. The minimum Gasteiger partial charge on any atom is -0.790 e. The van der Waals surface area contributed by atoms with Gasteiger partial charge in [0.1, 0.15) is 25.8 Å². The van der Waals surface area contributed by atoms with Gasteiger partial charge in [-0.2, -0.15) is 0 Å². The number of allylic oxidation sites excluding steroid dienone is 2. The van der Waals surface area contributed by atoms with Crippen LogP contribution in [0.2, 0.25) is 0 Å². The Labute approximate surface area is 284 Å². The average Bonchev–Trinajstić information content (AvgIpc) is 2.88. The van der Waals surface area contributed by atoms with E-state index < -0.39 is 15.6 Å². The monoisotopic (exact) mass is 700 g/mol. The van der Waals surface area contributed by atoms with Crippen molar-refractivity contribution in [2.75, 3.05) is 62.0 Å². The highest BCUT2D eigenvalue weighted by Crippen LogP contribution is 2.39. The zero-order valence-electron chi connectivity index (χ0n) is 30.8. The summed E-state index contributed by atoms with van der Waals surface area (Å²) in [5, 5.41) is 0. The molecule has 0 spiro atoms. The summed E-state index contributed by atoms with van der Waals surface area (Å²) in [4.78, 5) is 38.2. The quantitative estimate of drug-likeness (QED) is 0.0341. The average molecular weight is 701 g/mol. The van der Waals surface area contributed by atoms with Crippen LogP contribution in [0.1, 0.15) is 142 Å². The smallest absolute Gasteiger partial charge is 0.470 e. The summed E-state index contributed by atoms with van der Waals surface area (Å²) in [6.07, 6.45) is 31.5. The third-order valence-electron chi connectivity index (χ3n) is 7.59. The highest BCUT2D eigenvalue weighted by Gasteiger charge is 2.26. The van der Waals surface area contributed by atoms with Crippen molar-refractivity contribution in [2.45, 2.75) is 148 Å². The Morgan fingerprint density at radius 3 is 1.37 bits per heavy atom. The second-order valence-electron chi connectivity index (χ2n) is 14.8. The van der Waals surface area contributed by atoms with Gasteiger partial charge in [-0.05, 0) is 32.1 Å². The van der Waals surface area contributed by atoms with Gasteiger partial charge in [0, 0.05) is 0 Å². The largest absolute Gasteiger partial charge is 0.790 e. The first kappa shape index (κ1) is 48.0. The van der Waals surface area contributed by atoms with E-state index >= 15 is 0 Å². The van der Waals surface area contributed by atoms with E-state index in [1.807, 2.05) is 42.3 Å². The lowest BCUT2D eigenvalue weighted by molar-refractivity contribution is -0.873. The fraction of sp³-hybridized carbons (Fsp3) is 0.941. The van der Waals surface area contributed by atoms with Crippen LogP contribution in [0.15, 0.2) is 12.2 Å². The van der Waals surface area contributed by atoms with E-state index in [9.17, 15) is 18.9 Å². The molecule has 10 nitrogen and oxygen atoms in total. The molecule has 278 valence electrons. The van der Waals surface area contributed by atoms with Crippen molar-refractivity contribution < 1.29 is 46.7 Å². The molecule has 0 radical (unpaired) electrons. The van der Waals surface area contributed by atoms with Crippen molar-refractivity contribution >= 4 is 15.6 Å². The first-order valence-corrected chi connectivity index (χ1v) is 21.0. The van der Waals surface area contributed by atoms with E-state index in [4.69, 9.17) is 14.3 Å². The van der Waals surface area contributed by atoms with Crippen LogP contribution in [0.3, 0.4) is 0 Å². The van der Waals surface area contributed by atoms with Crippen LogP contribution in [0.25, 0.3) is 0 Å². The van der Waals surface area contributed by atoms with Crippen molar-refractivity contribution in [1.82, 2.24) is 0 Å². The third kappa shape index (κ3) is 46.0. The molecule has 0 aromatic heterocycles. The standard InChI is InChI=1S/C29H60NO4P.C5H14NO4P/c1-5-6-7-8-9-10-11-12-13-14-15-16-17-18-19-20-21-22-23-24-25-26-27-29(28-30(2,3)4)34-35(31,32)33;1-6(2,3)4-5-10-11(7,8)9/h12-13,29H,5-11,14-28H2,1-4H3,(H-,31,32,33);4-5H2,1-3H3,(H-,7,8,9)/b13-12-;. The van der Waals surface area contributed by atoms with Gasteiger partial charge in [0.2, 0.25) is 0 Å². The van der Waals surface area contributed by atoms with E-state index in [1.165, 1.54) is 116 Å². The second-order valence-corrected chi connectivity index (χ2v) is 17.2. The molecule has 0 aliphatic carbocycles. The molecule has 0 aromatic rings. The van der Waals surface area contributed by atoms with Crippen LogP contribution in [-0.2, 0) is 18.2 Å². The molecule has 0 bridgehead atoms. The van der Waals surface area contributed by atoms with Crippen molar-refractivity contribution in [3.63, 3.8) is 0 Å². The SMILES string of the molecule is CCCCCCCC/C=C\CCCCCCCCCCCCCCC(C[N+](C)(C)C)OP(=O)(O)O.C[N+](C)(C)CCOP(=O)([O-])[O-]. The zero-order chi connectivity index (χ0) is 35.4. The topological polar surface area (TPSA) is 139 Å². The maximum Gasteiger partial charge on any atom is 0.470 e. The fourth-order valence-electron chi connectivity index (χ4n) is 5.09. The highest BCUT2D eigenvalue weighted by molar-refractivity contribution is 7.46. The number of rotatable bonds is 30. The number of nitrogens with zero attached hydrogens (tertiary/aromatic N) is 2. The Hall–Kier alpha value is -0.120. The maximum absolute atomic E-state index is 11.2. The molecule has 0 aromatic carbocycles. The van der Waals surface area contributed by atoms with Crippen LogP contribution in [0.4, 0.5) is 0 Å². The minimum absolute atomic E-state index is 0.0478. The molecule has 12 heteroatoms. The van der Waals surface area contributed by atoms with Crippen molar-refractivity contribution in [3.05, 3.63) is 12.2 Å². The van der Waals surface area contributed by atoms with E-state index in [2.05, 4.69) is 23.6 Å². The predicted octanol–water partition coefficient (Wildman–Crippen LogP) is 7.48. The zero-order valence-corrected chi connectivity index (χ0v) is 32.6. The van der Waals surface area contributed by atoms with Gasteiger partial charge in [-0.25, -0.2) is 4.57 Å². The molecule has 1 unspecified atom stereocenters. The van der Waals surface area contributed by atoms with Gasteiger partial charge in [-0.3, -0.25) is 4.52 Å². The molecule has 2 N–H and O–H groups in total. The molecule has 0 amide bonds. The van der Waals surface area contributed by atoms with Crippen molar-refractivity contribution in [3.8, 4) is 0 Å². The van der Waals surface area contributed by atoms with Crippen molar-refractivity contribution in [2.24, 2.45) is 0 Å². The first-order valence-electron chi connectivity index (χ1n) is 18.0. The molecule has 0 saturated heterocycles. The summed E-state index contributed by atoms with van der Waals surface area (Å²) in [7, 11) is 2.52. The Balaban J connectivity index is 0. The maximum atomic E-state index is 11.2. The molecular weight excluding hydrogens is 626 g/mol. The summed E-state index contributed by atoms with van der Waals surface area (Å²) in [6.45, 7) is 3.34. The number of quaternary nitrogens is 2. The Kier molecular flexibility index (Phi) is 29.9. The number of phosphoric ester groups is 2. The number of unbranched alkanes of at least 4 members (excludes halogenated alkanes) is 18. The van der Waals surface area contributed by atoms with Gasteiger partial charge in [0.05, 0.1) is 50.1 Å². The van der Waals surface area contributed by atoms with Crippen LogP contribution < -0.4 is 9.79 Å². The molecule has 0 aliphatic heterocycles. The van der Waals surface area contributed by atoms with E-state index in [-0.39, 0.29) is 12.7 Å². The molecule has 1 atom stereocenters. The molecule has 0 aliphatic rings. The predicted molar refractivity (Wildman–Crippen MR) is 188 cm³/mol. The summed E-state index contributed by atoms with van der Waals surface area (Å²) in [6, 6.07) is 0. The summed E-state index contributed by atoms with van der Waals surface area (Å²) in [5.74, 6) is 0. The minimum atomic E-state index is -4.76. The van der Waals surface area contributed by atoms with Gasteiger partial charge in [0.15, 0.2) is 0 Å². The fourth-order valence-corrected chi connectivity index (χ4v) is 5.95. The lowest BCUT2D eigenvalue weighted by Crippen LogP contribution is -2.42. The normalized spacial score (nSPS) is 13.6. The van der Waals surface area contributed by atoms with Crippen LogP contribution in [-0.4, -0.2) is 86.8 Å². The van der Waals surface area contributed by atoms with Gasteiger partial charge in [0.25, 0.3) is 0 Å². The number of likely N-dealkylation sites (N-methyl/N-ethyl adjacent to an activating group) is 2. The second kappa shape index (κ2) is 28.7.